The molecule has 31 heavy (non-hydrogen) atoms. The molecule has 170 valence electrons. The molecule has 0 N–H and O–H groups in total. The second-order valence-electron chi connectivity index (χ2n) is 8.78. The highest BCUT2D eigenvalue weighted by molar-refractivity contribution is 7.92. The molecular formula is C21H25F3N2O4S. The van der Waals surface area contributed by atoms with Crippen molar-refractivity contribution in [3.63, 3.8) is 0 Å². The van der Waals surface area contributed by atoms with Gasteiger partial charge in [-0.25, -0.2) is 8.42 Å². The van der Waals surface area contributed by atoms with Crippen molar-refractivity contribution in [2.45, 2.75) is 55.2 Å². The monoisotopic (exact) mass is 458 g/mol. The van der Waals surface area contributed by atoms with Gasteiger partial charge in [0.1, 0.15) is 0 Å². The molecule has 2 atom stereocenters. The highest BCUT2D eigenvalue weighted by Crippen LogP contribution is 2.40. The molecule has 2 heterocycles. The first-order chi connectivity index (χ1) is 14.5. The van der Waals surface area contributed by atoms with Crippen molar-refractivity contribution in [1.82, 2.24) is 9.78 Å². The standard InChI is InChI=1S/C21H25F3N2O4S/c1-20(12-30-13-20)11-26-10-15(9-25-26)14-3-6-19(18(7-14)21(22,23)24)31(27,28)17-5-4-16(8-17)29-2/h3,6-7,9-10,16-17H,4-5,8,11-13H2,1-2H3/t16-,17-/m1/s1. The summed E-state index contributed by atoms with van der Waals surface area (Å²) in [4.78, 5) is -0.669. The van der Waals surface area contributed by atoms with Crippen molar-refractivity contribution in [3.8, 4) is 11.1 Å². The number of methoxy groups -OCH3 is 1. The zero-order valence-electron chi connectivity index (χ0n) is 17.4. The first-order valence-corrected chi connectivity index (χ1v) is 11.6. The van der Waals surface area contributed by atoms with Crippen LogP contribution in [-0.2, 0) is 32.0 Å². The van der Waals surface area contributed by atoms with Gasteiger partial charge in [0.05, 0.1) is 47.8 Å². The van der Waals surface area contributed by atoms with Crippen LogP contribution in [0.3, 0.4) is 0 Å². The second kappa shape index (κ2) is 7.90. The molecule has 0 radical (unpaired) electrons. The number of hydrogen-bond donors (Lipinski definition) is 0. The molecule has 0 spiro atoms. The van der Waals surface area contributed by atoms with E-state index in [9.17, 15) is 21.6 Å². The molecule has 2 aliphatic rings. The van der Waals surface area contributed by atoms with Crippen LogP contribution >= 0.6 is 0 Å². The molecule has 10 heteroatoms. The van der Waals surface area contributed by atoms with Gasteiger partial charge in [0.2, 0.25) is 0 Å². The van der Waals surface area contributed by atoms with Gasteiger partial charge in [-0.2, -0.15) is 18.3 Å². The van der Waals surface area contributed by atoms with E-state index in [-0.39, 0.29) is 29.9 Å². The molecule has 2 fully saturated rings. The van der Waals surface area contributed by atoms with Crippen LogP contribution in [0.5, 0.6) is 0 Å². The fraction of sp³-hybridized carbons (Fsp3) is 0.571. The van der Waals surface area contributed by atoms with E-state index in [0.29, 0.717) is 31.7 Å². The summed E-state index contributed by atoms with van der Waals surface area (Å²) in [5, 5.41) is 3.37. The van der Waals surface area contributed by atoms with E-state index in [2.05, 4.69) is 12.0 Å². The molecule has 1 aliphatic carbocycles. The molecule has 0 unspecified atom stereocenters. The average molecular weight is 459 g/mol. The van der Waals surface area contributed by atoms with Crippen LogP contribution in [0, 0.1) is 5.41 Å². The summed E-state index contributed by atoms with van der Waals surface area (Å²) in [6, 6.07) is 3.40. The van der Waals surface area contributed by atoms with Crippen LogP contribution in [0.15, 0.2) is 35.5 Å². The van der Waals surface area contributed by atoms with Crippen molar-refractivity contribution in [2.75, 3.05) is 20.3 Å². The lowest BCUT2D eigenvalue weighted by molar-refractivity contribution is -0.139. The summed E-state index contributed by atoms with van der Waals surface area (Å²) >= 11 is 0. The smallest absolute Gasteiger partial charge is 0.381 e. The van der Waals surface area contributed by atoms with Crippen LogP contribution in [-0.4, -0.2) is 49.9 Å². The van der Waals surface area contributed by atoms with E-state index in [1.807, 2.05) is 0 Å². The van der Waals surface area contributed by atoms with Gasteiger partial charge in [-0.15, -0.1) is 0 Å². The molecular weight excluding hydrogens is 433 g/mol. The van der Waals surface area contributed by atoms with Crippen molar-refractivity contribution in [1.29, 1.82) is 0 Å². The van der Waals surface area contributed by atoms with E-state index >= 15 is 0 Å². The number of ether oxygens (including phenoxy) is 2. The van der Waals surface area contributed by atoms with Crippen LogP contribution in [0.2, 0.25) is 0 Å². The quantitative estimate of drug-likeness (QED) is 0.656. The minimum absolute atomic E-state index is 0.0420. The number of rotatable bonds is 6. The fourth-order valence-corrected chi connectivity index (χ4v) is 6.30. The van der Waals surface area contributed by atoms with Gasteiger partial charge >= 0.3 is 6.18 Å². The van der Waals surface area contributed by atoms with E-state index in [0.717, 1.165) is 12.1 Å². The van der Waals surface area contributed by atoms with Gasteiger partial charge in [-0.1, -0.05) is 13.0 Å². The van der Waals surface area contributed by atoms with Gasteiger partial charge in [0.25, 0.3) is 0 Å². The zero-order valence-corrected chi connectivity index (χ0v) is 18.2. The highest BCUT2D eigenvalue weighted by atomic mass is 32.2. The molecule has 1 aromatic heterocycles. The topological polar surface area (TPSA) is 70.4 Å². The van der Waals surface area contributed by atoms with Crippen LogP contribution in [0.1, 0.15) is 31.7 Å². The molecule has 1 aromatic carbocycles. The van der Waals surface area contributed by atoms with E-state index in [1.54, 1.807) is 10.9 Å². The third-order valence-electron chi connectivity index (χ3n) is 6.11. The predicted octanol–water partition coefficient (Wildman–Crippen LogP) is 3.95. The van der Waals surface area contributed by atoms with E-state index in [4.69, 9.17) is 9.47 Å². The normalized spacial score (nSPS) is 23.6. The first kappa shape index (κ1) is 22.3. The molecule has 1 aliphatic heterocycles. The fourth-order valence-electron chi connectivity index (χ4n) is 4.29. The van der Waals surface area contributed by atoms with Crippen molar-refractivity contribution >= 4 is 9.84 Å². The largest absolute Gasteiger partial charge is 0.417 e. The minimum Gasteiger partial charge on any atom is -0.381 e. The SMILES string of the molecule is CO[C@@H]1CC[C@@H](S(=O)(=O)c2ccc(-c3cnn(CC4(C)COC4)c3)cc2C(F)(F)F)C1. The van der Waals surface area contributed by atoms with E-state index < -0.39 is 31.7 Å². The maximum Gasteiger partial charge on any atom is 0.417 e. The first-order valence-electron chi connectivity index (χ1n) is 10.1. The predicted molar refractivity (Wildman–Crippen MR) is 107 cm³/mol. The maximum atomic E-state index is 13.9. The Hall–Kier alpha value is -1.91. The molecule has 6 nitrogen and oxygen atoms in total. The van der Waals surface area contributed by atoms with Crippen LogP contribution in [0.4, 0.5) is 13.2 Å². The number of aromatic nitrogens is 2. The number of nitrogens with zero attached hydrogens (tertiary/aromatic N) is 2. The number of halogens is 3. The van der Waals surface area contributed by atoms with Crippen molar-refractivity contribution in [2.24, 2.45) is 5.41 Å². The zero-order chi connectivity index (χ0) is 22.4. The van der Waals surface area contributed by atoms with Gasteiger partial charge in [-0.05, 0) is 37.0 Å². The summed E-state index contributed by atoms with van der Waals surface area (Å²) in [5.41, 5.74) is -0.412. The summed E-state index contributed by atoms with van der Waals surface area (Å²) in [7, 11) is -2.66. The van der Waals surface area contributed by atoms with Gasteiger partial charge in [0.15, 0.2) is 9.84 Å². The van der Waals surface area contributed by atoms with Crippen molar-refractivity contribution < 1.29 is 31.1 Å². The molecule has 0 bridgehead atoms. The third kappa shape index (κ3) is 4.38. The van der Waals surface area contributed by atoms with Crippen molar-refractivity contribution in [3.05, 3.63) is 36.2 Å². The number of alkyl halides is 3. The van der Waals surface area contributed by atoms with E-state index in [1.165, 1.54) is 19.4 Å². The second-order valence-corrected chi connectivity index (χ2v) is 11.0. The Balaban J connectivity index is 1.66. The summed E-state index contributed by atoms with van der Waals surface area (Å²) in [6.45, 7) is 3.86. The van der Waals surface area contributed by atoms with Gasteiger partial charge in [-0.3, -0.25) is 4.68 Å². The Morgan fingerprint density at radius 2 is 2.00 bits per heavy atom. The highest BCUT2D eigenvalue weighted by Gasteiger charge is 2.42. The van der Waals surface area contributed by atoms with Crippen LogP contribution in [0.25, 0.3) is 11.1 Å². The lowest BCUT2D eigenvalue weighted by Crippen LogP contribution is -2.43. The lowest BCUT2D eigenvalue weighted by atomic mass is 9.89. The maximum absolute atomic E-state index is 13.9. The number of sulfone groups is 1. The number of hydrogen-bond acceptors (Lipinski definition) is 5. The lowest BCUT2D eigenvalue weighted by Gasteiger charge is -2.37. The summed E-state index contributed by atoms with van der Waals surface area (Å²) < 4.78 is 79.7. The van der Waals surface area contributed by atoms with Crippen LogP contribution < -0.4 is 0 Å². The Morgan fingerprint density at radius 3 is 2.58 bits per heavy atom. The molecule has 1 saturated heterocycles. The van der Waals surface area contributed by atoms with Gasteiger partial charge in [0, 0.05) is 24.3 Å². The average Bonchev–Trinajstić information content (AvgIpc) is 3.35. The Labute approximate surface area is 179 Å². The van der Waals surface area contributed by atoms with Gasteiger partial charge < -0.3 is 9.47 Å². The Kier molecular flexibility index (Phi) is 5.68. The Morgan fingerprint density at radius 1 is 1.26 bits per heavy atom. The molecule has 0 amide bonds. The summed E-state index contributed by atoms with van der Waals surface area (Å²) in [6.07, 6.45) is -0.877. The Bertz CT molecular complexity index is 1060. The molecule has 1 saturated carbocycles. The number of benzene rings is 1. The summed E-state index contributed by atoms with van der Waals surface area (Å²) in [5.74, 6) is 0. The third-order valence-corrected chi connectivity index (χ3v) is 8.39. The molecule has 4 rings (SSSR count). The minimum atomic E-state index is -4.80. The molecule has 2 aromatic rings.